The van der Waals surface area contributed by atoms with Crippen LogP contribution in [-0.2, 0) is 16.6 Å². The van der Waals surface area contributed by atoms with Gasteiger partial charge in [-0.05, 0) is 73.8 Å². The molecular formula is C33H51N3OS2. The van der Waals surface area contributed by atoms with Gasteiger partial charge in [-0.2, -0.15) is 0 Å². The van der Waals surface area contributed by atoms with Gasteiger partial charge >= 0.3 is 0 Å². The number of nitrogen functional groups attached to an aromatic ring is 1. The van der Waals surface area contributed by atoms with E-state index in [0.29, 0.717) is 18.1 Å². The van der Waals surface area contributed by atoms with E-state index < -0.39 is 0 Å². The second-order valence-corrected chi connectivity index (χ2v) is 14.4. The number of morpholine rings is 1. The minimum absolute atomic E-state index is 0.282. The lowest BCUT2D eigenvalue weighted by atomic mass is 9.82. The maximum absolute atomic E-state index is 5.83. The first-order valence-electron chi connectivity index (χ1n) is 14.9. The number of hydrogen-bond acceptors (Lipinski definition) is 6. The van der Waals surface area contributed by atoms with Gasteiger partial charge in [0.15, 0.2) is 4.34 Å². The number of thiazole rings is 1. The van der Waals surface area contributed by atoms with Crippen molar-refractivity contribution in [1.29, 1.82) is 0 Å². The van der Waals surface area contributed by atoms with Gasteiger partial charge in [-0.1, -0.05) is 83.5 Å². The summed E-state index contributed by atoms with van der Waals surface area (Å²) in [5.41, 5.74) is 10.8. The number of rotatable bonds is 11. The van der Waals surface area contributed by atoms with Crippen LogP contribution in [0, 0.1) is 5.92 Å². The monoisotopic (exact) mass is 569 g/mol. The molecule has 0 aliphatic carbocycles. The van der Waals surface area contributed by atoms with E-state index in [1.165, 1.54) is 53.8 Å². The molecule has 0 radical (unpaired) electrons. The van der Waals surface area contributed by atoms with Crippen molar-refractivity contribution in [1.82, 2.24) is 9.88 Å². The number of thioether (sulfide) groups is 1. The summed E-state index contributed by atoms with van der Waals surface area (Å²) in [5, 5.41) is 0. The number of aromatic nitrogens is 1. The van der Waals surface area contributed by atoms with Crippen molar-refractivity contribution in [3.8, 4) is 0 Å². The van der Waals surface area contributed by atoms with Crippen LogP contribution in [0.15, 0.2) is 46.8 Å². The number of fused-ring (bicyclic) bond motifs is 1. The van der Waals surface area contributed by atoms with Crippen molar-refractivity contribution >= 4 is 39.0 Å². The highest BCUT2D eigenvalue weighted by atomic mass is 32.2. The van der Waals surface area contributed by atoms with E-state index in [4.69, 9.17) is 10.5 Å². The zero-order valence-electron chi connectivity index (χ0n) is 25.3. The van der Waals surface area contributed by atoms with Crippen LogP contribution in [0.2, 0.25) is 0 Å². The Morgan fingerprint density at radius 3 is 2.41 bits per heavy atom. The number of unbranched alkanes of at least 4 members (excludes halogenated alkanes) is 2. The average molecular weight is 570 g/mol. The highest BCUT2D eigenvalue weighted by Crippen LogP contribution is 2.31. The Balaban J connectivity index is 0.000000230. The summed E-state index contributed by atoms with van der Waals surface area (Å²) in [5.74, 6) is 1.85. The third-order valence-electron chi connectivity index (χ3n) is 7.63. The van der Waals surface area contributed by atoms with Crippen molar-refractivity contribution in [2.75, 3.05) is 31.1 Å². The normalized spacial score (nSPS) is 19.1. The highest BCUT2D eigenvalue weighted by molar-refractivity contribution is 8.01. The van der Waals surface area contributed by atoms with E-state index >= 15 is 0 Å². The number of nitrogens with two attached hydrogens (primary N) is 1. The standard InChI is InChI=1S/C21H35NO.C12H16N2S2/c1-7-21(5,6)20-10-8-19(9-11-20)12-16(2)13-22-14-17(3)23-18(4)15-22;1-2-3-4-7-15-12-14-10-6-5-9(13)8-11(10)16-12/h8-11,16-18H,7,12-15H2,1-6H3;5-6,8H,2-4,7,13H2,1H3/t16?,17-,18+;. The van der Waals surface area contributed by atoms with Crippen molar-refractivity contribution in [2.45, 2.75) is 103 Å². The minimum atomic E-state index is 0.282. The van der Waals surface area contributed by atoms with E-state index in [9.17, 15) is 0 Å². The number of nitrogens with zero attached hydrogens (tertiary/aromatic N) is 2. The Morgan fingerprint density at radius 1 is 1.08 bits per heavy atom. The largest absolute Gasteiger partial charge is 0.399 e. The minimum Gasteiger partial charge on any atom is -0.399 e. The molecule has 4 rings (SSSR count). The van der Waals surface area contributed by atoms with Crippen LogP contribution >= 0.6 is 23.1 Å². The lowest BCUT2D eigenvalue weighted by Gasteiger charge is -2.36. The second-order valence-electron chi connectivity index (χ2n) is 12.0. The van der Waals surface area contributed by atoms with Crippen LogP contribution in [-0.4, -0.2) is 47.5 Å². The maximum atomic E-state index is 5.83. The molecule has 6 heteroatoms. The Morgan fingerprint density at radius 2 is 1.77 bits per heavy atom. The van der Waals surface area contributed by atoms with Crippen molar-refractivity contribution < 1.29 is 4.74 Å². The molecule has 0 amide bonds. The summed E-state index contributed by atoms with van der Waals surface area (Å²) in [6.07, 6.45) is 6.92. The Kier molecular flexibility index (Phi) is 12.6. The van der Waals surface area contributed by atoms with Crippen molar-refractivity contribution in [3.63, 3.8) is 0 Å². The third kappa shape index (κ3) is 10.4. The van der Waals surface area contributed by atoms with E-state index in [1.54, 1.807) is 11.3 Å². The van der Waals surface area contributed by atoms with Crippen molar-refractivity contribution in [3.05, 3.63) is 53.6 Å². The smallest absolute Gasteiger partial charge is 0.151 e. The van der Waals surface area contributed by atoms with Crippen LogP contribution in [0.3, 0.4) is 0 Å². The molecule has 1 unspecified atom stereocenters. The van der Waals surface area contributed by atoms with Crippen LogP contribution < -0.4 is 5.73 Å². The molecule has 4 nitrogen and oxygen atoms in total. The fraction of sp³-hybridized carbons (Fsp3) is 0.606. The predicted octanol–water partition coefficient (Wildman–Crippen LogP) is 8.82. The Labute approximate surface area is 246 Å². The van der Waals surface area contributed by atoms with E-state index in [1.807, 2.05) is 30.0 Å². The molecule has 1 aliphatic heterocycles. The Bertz CT molecular complexity index is 1120. The van der Waals surface area contributed by atoms with Crippen LogP contribution in [0.4, 0.5) is 5.69 Å². The molecular weight excluding hydrogens is 519 g/mol. The van der Waals surface area contributed by atoms with Gasteiger partial charge in [0.1, 0.15) is 0 Å². The Hall–Kier alpha value is -1.60. The predicted molar refractivity (Wildman–Crippen MR) is 173 cm³/mol. The lowest BCUT2D eigenvalue weighted by Crippen LogP contribution is -2.47. The first-order valence-corrected chi connectivity index (χ1v) is 16.7. The highest BCUT2D eigenvalue weighted by Gasteiger charge is 2.23. The van der Waals surface area contributed by atoms with Gasteiger partial charge in [0.25, 0.3) is 0 Å². The van der Waals surface area contributed by atoms with Gasteiger partial charge in [0.2, 0.25) is 0 Å². The molecule has 216 valence electrons. The summed E-state index contributed by atoms with van der Waals surface area (Å²) < 4.78 is 8.19. The molecule has 0 saturated carbocycles. The fourth-order valence-corrected chi connectivity index (χ4v) is 7.32. The summed E-state index contributed by atoms with van der Waals surface area (Å²) >= 11 is 3.60. The van der Waals surface area contributed by atoms with Crippen LogP contribution in [0.1, 0.15) is 85.3 Å². The SMILES string of the molecule is CCC(C)(C)c1ccc(CC(C)CN2C[C@@H](C)O[C@@H](C)C2)cc1.CCCCCSc1nc2ccc(N)cc2s1. The summed E-state index contributed by atoms with van der Waals surface area (Å²) in [6.45, 7) is 19.2. The lowest BCUT2D eigenvalue weighted by molar-refractivity contribution is -0.0708. The first-order chi connectivity index (χ1) is 18.6. The number of hydrogen-bond donors (Lipinski definition) is 1. The quantitative estimate of drug-likeness (QED) is 0.142. The fourth-order valence-electron chi connectivity index (χ4n) is 5.13. The molecule has 3 atom stereocenters. The molecule has 1 saturated heterocycles. The van der Waals surface area contributed by atoms with Crippen LogP contribution in [0.5, 0.6) is 0 Å². The molecule has 0 spiro atoms. The molecule has 2 N–H and O–H groups in total. The van der Waals surface area contributed by atoms with Gasteiger partial charge < -0.3 is 10.5 Å². The molecule has 1 fully saturated rings. The summed E-state index contributed by atoms with van der Waals surface area (Å²) in [7, 11) is 0. The molecule has 1 aromatic heterocycles. The van der Waals surface area contributed by atoms with E-state index in [2.05, 4.69) is 82.6 Å². The maximum Gasteiger partial charge on any atom is 0.151 e. The first kappa shape index (κ1) is 31.9. The number of anilines is 1. The molecule has 3 aromatic rings. The summed E-state index contributed by atoms with van der Waals surface area (Å²) in [6, 6.07) is 15.2. The van der Waals surface area contributed by atoms with Gasteiger partial charge in [-0.25, -0.2) is 4.98 Å². The van der Waals surface area contributed by atoms with E-state index in [0.717, 1.165) is 35.1 Å². The molecule has 2 heterocycles. The van der Waals surface area contributed by atoms with Crippen LogP contribution in [0.25, 0.3) is 10.2 Å². The van der Waals surface area contributed by atoms with Crippen molar-refractivity contribution in [2.24, 2.45) is 5.92 Å². The third-order valence-corrected chi connectivity index (χ3v) is 9.88. The zero-order valence-corrected chi connectivity index (χ0v) is 27.0. The van der Waals surface area contributed by atoms with Gasteiger partial charge in [-0.15, -0.1) is 11.3 Å². The molecule has 2 aromatic carbocycles. The van der Waals surface area contributed by atoms with Gasteiger partial charge in [-0.3, -0.25) is 4.90 Å². The van der Waals surface area contributed by atoms with Gasteiger partial charge in [0, 0.05) is 31.1 Å². The zero-order chi connectivity index (χ0) is 28.4. The summed E-state index contributed by atoms with van der Waals surface area (Å²) in [4.78, 5) is 7.14. The second kappa shape index (κ2) is 15.4. The number of ether oxygens (including phenoxy) is 1. The molecule has 0 bridgehead atoms. The molecule has 1 aliphatic rings. The average Bonchev–Trinajstić information content (AvgIpc) is 3.28. The van der Waals surface area contributed by atoms with Gasteiger partial charge in [0.05, 0.1) is 22.4 Å². The topological polar surface area (TPSA) is 51.4 Å². The number of benzene rings is 2. The van der Waals surface area contributed by atoms with E-state index in [-0.39, 0.29) is 5.41 Å². The molecule has 39 heavy (non-hydrogen) atoms.